The Balaban J connectivity index is 1.84. The quantitative estimate of drug-likeness (QED) is 0.538. The molecule has 29 heavy (non-hydrogen) atoms. The summed E-state index contributed by atoms with van der Waals surface area (Å²) in [4.78, 5) is 29.0. The summed E-state index contributed by atoms with van der Waals surface area (Å²) < 4.78 is 13.4. The summed E-state index contributed by atoms with van der Waals surface area (Å²) in [7, 11) is 0. The minimum Gasteiger partial charge on any atom is -0.268 e. The fourth-order valence-corrected chi connectivity index (χ4v) is 4.20. The lowest BCUT2D eigenvalue weighted by Gasteiger charge is -2.15. The van der Waals surface area contributed by atoms with Crippen LogP contribution in [0.15, 0.2) is 82.6 Å². The summed E-state index contributed by atoms with van der Waals surface area (Å²) in [6.45, 7) is 3.97. The Morgan fingerprint density at radius 2 is 1.48 bits per heavy atom. The number of carbonyl (C=O) groups is 2. The highest BCUT2D eigenvalue weighted by Gasteiger charge is 2.40. The number of carbonyl (C=O) groups excluding carboxylic acids is 2. The predicted molar refractivity (Wildman–Crippen MR) is 114 cm³/mol. The van der Waals surface area contributed by atoms with E-state index in [2.05, 4.69) is 0 Å². The van der Waals surface area contributed by atoms with E-state index in [0.29, 0.717) is 21.7 Å². The minimum atomic E-state index is -0.422. The fourth-order valence-electron chi connectivity index (χ4n) is 3.19. The van der Waals surface area contributed by atoms with Gasteiger partial charge in [-0.25, -0.2) is 9.29 Å². The van der Waals surface area contributed by atoms with Crippen LogP contribution < -0.4 is 4.90 Å². The van der Waals surface area contributed by atoms with E-state index in [1.807, 2.05) is 62.4 Å². The molecule has 0 spiro atoms. The number of imide groups is 1. The molecule has 0 atom stereocenters. The van der Waals surface area contributed by atoms with E-state index in [1.165, 1.54) is 36.0 Å². The number of amides is 2. The summed E-state index contributed by atoms with van der Waals surface area (Å²) >= 11 is 1.27. The zero-order valence-corrected chi connectivity index (χ0v) is 16.8. The molecule has 5 heteroatoms. The third kappa shape index (κ3) is 3.61. The summed E-state index contributed by atoms with van der Waals surface area (Å²) in [5, 5.41) is 0. The topological polar surface area (TPSA) is 37.4 Å². The van der Waals surface area contributed by atoms with Crippen LogP contribution in [0.5, 0.6) is 0 Å². The molecule has 3 nitrogen and oxygen atoms in total. The highest BCUT2D eigenvalue weighted by Crippen LogP contribution is 2.41. The first-order chi connectivity index (χ1) is 14.0. The van der Waals surface area contributed by atoms with Gasteiger partial charge in [-0.2, -0.15) is 0 Å². The second-order valence-corrected chi connectivity index (χ2v) is 7.92. The normalized spacial score (nSPS) is 14.1. The van der Waals surface area contributed by atoms with E-state index < -0.39 is 17.6 Å². The van der Waals surface area contributed by atoms with Crippen LogP contribution in [0, 0.1) is 19.7 Å². The van der Waals surface area contributed by atoms with Crippen LogP contribution in [-0.2, 0) is 9.59 Å². The number of benzene rings is 3. The Bertz CT molecular complexity index is 1140. The zero-order chi connectivity index (χ0) is 20.5. The predicted octanol–water partition coefficient (Wildman–Crippen LogP) is 5.52. The van der Waals surface area contributed by atoms with Gasteiger partial charge in [-0.15, -0.1) is 0 Å². The van der Waals surface area contributed by atoms with Crippen molar-refractivity contribution in [2.45, 2.75) is 18.7 Å². The van der Waals surface area contributed by atoms with Gasteiger partial charge in [0.05, 0.1) is 16.2 Å². The molecule has 0 saturated heterocycles. The number of hydrogen-bond donors (Lipinski definition) is 0. The van der Waals surface area contributed by atoms with E-state index >= 15 is 0 Å². The Hall–Kier alpha value is -3.18. The number of thioether (sulfide) groups is 1. The largest absolute Gasteiger partial charge is 0.272 e. The lowest BCUT2D eigenvalue weighted by molar-refractivity contribution is -0.119. The van der Waals surface area contributed by atoms with Crippen molar-refractivity contribution in [1.29, 1.82) is 0 Å². The second kappa shape index (κ2) is 7.68. The average Bonchev–Trinajstić information content (AvgIpc) is 2.96. The molecule has 1 aliphatic heterocycles. The van der Waals surface area contributed by atoms with E-state index in [-0.39, 0.29) is 0 Å². The van der Waals surface area contributed by atoms with Crippen molar-refractivity contribution in [3.05, 3.63) is 100 Å². The lowest BCUT2D eigenvalue weighted by atomic mass is 10.0. The molecular formula is C24H18FNO2S. The van der Waals surface area contributed by atoms with E-state index in [4.69, 9.17) is 0 Å². The van der Waals surface area contributed by atoms with Gasteiger partial charge in [0, 0.05) is 4.90 Å². The van der Waals surface area contributed by atoms with Crippen LogP contribution in [0.1, 0.15) is 16.7 Å². The average molecular weight is 403 g/mol. The van der Waals surface area contributed by atoms with Gasteiger partial charge in [0.2, 0.25) is 0 Å². The highest BCUT2D eigenvalue weighted by molar-refractivity contribution is 8.04. The van der Waals surface area contributed by atoms with Gasteiger partial charge < -0.3 is 0 Å². The van der Waals surface area contributed by atoms with E-state index in [1.54, 1.807) is 0 Å². The van der Waals surface area contributed by atoms with Crippen molar-refractivity contribution >= 4 is 34.8 Å². The third-order valence-corrected chi connectivity index (χ3v) is 5.98. The molecule has 3 aromatic carbocycles. The van der Waals surface area contributed by atoms with Crippen molar-refractivity contribution in [3.8, 4) is 0 Å². The van der Waals surface area contributed by atoms with Gasteiger partial charge in [-0.1, -0.05) is 48.2 Å². The van der Waals surface area contributed by atoms with Crippen LogP contribution in [0.4, 0.5) is 10.1 Å². The molecule has 0 saturated carbocycles. The Labute approximate surface area is 172 Å². The molecule has 0 aromatic heterocycles. The maximum absolute atomic E-state index is 13.4. The van der Waals surface area contributed by atoms with Gasteiger partial charge >= 0.3 is 0 Å². The number of nitrogens with zero attached hydrogens (tertiary/aromatic N) is 1. The maximum atomic E-state index is 13.4. The molecule has 1 aliphatic rings. The molecule has 0 radical (unpaired) electrons. The standard InChI is InChI=1S/C24H18FNO2S/c1-15-8-9-17(14-16(15)2)21-22(29-20-6-4-3-5-7-20)24(28)26(23(21)27)19-12-10-18(25)11-13-19/h3-14H,1-2H3. The molecule has 0 N–H and O–H groups in total. The lowest BCUT2D eigenvalue weighted by Crippen LogP contribution is -2.31. The summed E-state index contributed by atoms with van der Waals surface area (Å²) in [5.74, 6) is -1.22. The number of halogens is 1. The van der Waals surface area contributed by atoms with Gasteiger partial charge in [-0.3, -0.25) is 9.59 Å². The van der Waals surface area contributed by atoms with Crippen LogP contribution in [0.3, 0.4) is 0 Å². The molecule has 2 amide bonds. The van der Waals surface area contributed by atoms with Gasteiger partial charge in [0.25, 0.3) is 11.8 Å². The van der Waals surface area contributed by atoms with Crippen molar-refractivity contribution in [3.63, 3.8) is 0 Å². The first-order valence-electron chi connectivity index (χ1n) is 9.15. The smallest absolute Gasteiger partial charge is 0.268 e. The summed E-state index contributed by atoms with van der Waals surface area (Å²) in [6.07, 6.45) is 0. The summed E-state index contributed by atoms with van der Waals surface area (Å²) in [5.41, 5.74) is 3.58. The molecule has 0 fully saturated rings. The molecule has 3 aromatic rings. The molecule has 0 aliphatic carbocycles. The molecular weight excluding hydrogens is 385 g/mol. The highest BCUT2D eigenvalue weighted by atomic mass is 32.2. The van der Waals surface area contributed by atoms with Gasteiger partial charge in [0.1, 0.15) is 5.82 Å². The van der Waals surface area contributed by atoms with Crippen molar-refractivity contribution in [1.82, 2.24) is 0 Å². The fraction of sp³-hybridized carbons (Fsp3) is 0.0833. The van der Waals surface area contributed by atoms with Crippen LogP contribution >= 0.6 is 11.8 Å². The van der Waals surface area contributed by atoms with Gasteiger partial charge in [-0.05, 0) is 66.9 Å². The first kappa shape index (κ1) is 19.2. The molecule has 0 bridgehead atoms. The van der Waals surface area contributed by atoms with E-state index in [0.717, 1.165) is 20.9 Å². The third-order valence-electron chi connectivity index (χ3n) is 4.88. The first-order valence-corrected chi connectivity index (χ1v) is 9.96. The molecule has 0 unspecified atom stereocenters. The molecule has 1 heterocycles. The SMILES string of the molecule is Cc1ccc(C2=C(Sc3ccccc3)C(=O)N(c3ccc(F)cc3)C2=O)cc1C. The Kier molecular flexibility index (Phi) is 5.07. The Morgan fingerprint density at radius 3 is 2.14 bits per heavy atom. The Morgan fingerprint density at radius 1 is 0.793 bits per heavy atom. The number of hydrogen-bond acceptors (Lipinski definition) is 3. The van der Waals surface area contributed by atoms with Crippen molar-refractivity contribution < 1.29 is 14.0 Å². The van der Waals surface area contributed by atoms with Crippen LogP contribution in [-0.4, -0.2) is 11.8 Å². The molecule has 4 rings (SSSR count). The maximum Gasteiger partial charge on any atom is 0.272 e. The van der Waals surface area contributed by atoms with Crippen molar-refractivity contribution in [2.24, 2.45) is 0 Å². The van der Waals surface area contributed by atoms with Crippen molar-refractivity contribution in [2.75, 3.05) is 4.90 Å². The number of rotatable bonds is 4. The minimum absolute atomic E-state index is 0.353. The van der Waals surface area contributed by atoms with E-state index in [9.17, 15) is 14.0 Å². The molecule has 144 valence electrons. The number of aryl methyl sites for hydroxylation is 2. The summed E-state index contributed by atoms with van der Waals surface area (Å²) in [6, 6.07) is 20.6. The monoisotopic (exact) mass is 403 g/mol. The van der Waals surface area contributed by atoms with Crippen LogP contribution in [0.2, 0.25) is 0 Å². The zero-order valence-electron chi connectivity index (χ0n) is 16.0. The van der Waals surface area contributed by atoms with Crippen LogP contribution in [0.25, 0.3) is 5.57 Å². The van der Waals surface area contributed by atoms with Gasteiger partial charge in [0.15, 0.2) is 0 Å². The second-order valence-electron chi connectivity index (χ2n) is 6.84. The number of anilines is 1.